The van der Waals surface area contributed by atoms with Crippen LogP contribution in [0.2, 0.25) is 5.02 Å². The monoisotopic (exact) mass is 367 g/mol. The Bertz CT molecular complexity index is 960. The number of nitrogens with one attached hydrogen (secondary N) is 2. The van der Waals surface area contributed by atoms with E-state index in [9.17, 15) is 8.42 Å². The van der Waals surface area contributed by atoms with Crippen molar-refractivity contribution in [1.82, 2.24) is 25.1 Å². The van der Waals surface area contributed by atoms with Gasteiger partial charge in [0.15, 0.2) is 0 Å². The molecule has 3 rings (SSSR count). The molecule has 0 spiro atoms. The van der Waals surface area contributed by atoms with Crippen LogP contribution in [-0.2, 0) is 16.6 Å². The second-order valence-corrected chi connectivity index (χ2v) is 7.25. The van der Waals surface area contributed by atoms with Gasteiger partial charge in [0.05, 0.1) is 17.9 Å². The molecule has 3 aromatic rings. The predicted octanol–water partition coefficient (Wildman–Crippen LogP) is 2.21. The maximum Gasteiger partial charge on any atom is 0.244 e. The Morgan fingerprint density at radius 1 is 1.33 bits per heavy atom. The molecular weight excluding hydrogens is 354 g/mol. The average molecular weight is 368 g/mol. The van der Waals surface area contributed by atoms with E-state index in [4.69, 9.17) is 16.1 Å². The van der Waals surface area contributed by atoms with Crippen molar-refractivity contribution in [2.75, 3.05) is 0 Å². The molecule has 2 heterocycles. The standard InChI is InChI=1S/C14H14ClN5O3S/c1-8-13(9(2)19-18-8)24(21,22)16-7-12-17-14(20-23-12)10-4-3-5-11(15)6-10/h3-6,16H,7H2,1-2H3,(H,18,19). The maximum absolute atomic E-state index is 12.4. The molecule has 0 fully saturated rings. The number of rotatable bonds is 5. The van der Waals surface area contributed by atoms with Crippen LogP contribution in [0.3, 0.4) is 0 Å². The van der Waals surface area contributed by atoms with E-state index in [1.807, 2.05) is 0 Å². The minimum absolute atomic E-state index is 0.122. The van der Waals surface area contributed by atoms with E-state index < -0.39 is 10.0 Å². The topological polar surface area (TPSA) is 114 Å². The van der Waals surface area contributed by atoms with Crippen molar-refractivity contribution >= 4 is 21.6 Å². The number of benzene rings is 1. The van der Waals surface area contributed by atoms with Gasteiger partial charge in [-0.2, -0.15) is 10.1 Å². The molecule has 0 saturated heterocycles. The largest absolute Gasteiger partial charge is 0.338 e. The number of hydrogen-bond acceptors (Lipinski definition) is 6. The number of hydrogen-bond donors (Lipinski definition) is 2. The molecule has 2 aromatic heterocycles. The van der Waals surface area contributed by atoms with Gasteiger partial charge in [0.1, 0.15) is 4.90 Å². The highest BCUT2D eigenvalue weighted by molar-refractivity contribution is 7.89. The van der Waals surface area contributed by atoms with E-state index in [-0.39, 0.29) is 17.3 Å². The first-order valence-electron chi connectivity index (χ1n) is 6.96. The van der Waals surface area contributed by atoms with E-state index in [2.05, 4.69) is 25.1 Å². The lowest BCUT2D eigenvalue weighted by molar-refractivity contribution is 0.376. The SMILES string of the molecule is Cc1n[nH]c(C)c1S(=O)(=O)NCc1nc(-c2cccc(Cl)c2)no1. The van der Waals surface area contributed by atoms with Crippen LogP contribution in [0.25, 0.3) is 11.4 Å². The second-order valence-electron chi connectivity index (χ2n) is 5.11. The van der Waals surface area contributed by atoms with Crippen molar-refractivity contribution < 1.29 is 12.9 Å². The molecule has 0 radical (unpaired) electrons. The molecule has 0 aliphatic carbocycles. The summed E-state index contributed by atoms with van der Waals surface area (Å²) in [4.78, 5) is 4.29. The van der Waals surface area contributed by atoms with E-state index in [1.54, 1.807) is 38.1 Å². The van der Waals surface area contributed by atoms with Crippen LogP contribution in [0, 0.1) is 13.8 Å². The summed E-state index contributed by atoms with van der Waals surface area (Å²) in [6, 6.07) is 6.97. The summed E-state index contributed by atoms with van der Waals surface area (Å²) in [6.45, 7) is 3.13. The first-order valence-corrected chi connectivity index (χ1v) is 8.82. The highest BCUT2D eigenvalue weighted by Gasteiger charge is 2.23. The Kier molecular flexibility index (Phi) is 4.39. The van der Waals surface area contributed by atoms with Gasteiger partial charge in [0, 0.05) is 10.6 Å². The normalized spacial score (nSPS) is 11.8. The van der Waals surface area contributed by atoms with Gasteiger partial charge in [-0.05, 0) is 26.0 Å². The second kappa shape index (κ2) is 6.34. The molecule has 8 nitrogen and oxygen atoms in total. The maximum atomic E-state index is 12.4. The number of H-pyrrole nitrogens is 1. The van der Waals surface area contributed by atoms with Crippen LogP contribution < -0.4 is 4.72 Å². The van der Waals surface area contributed by atoms with Crippen LogP contribution >= 0.6 is 11.6 Å². The molecule has 10 heteroatoms. The zero-order valence-electron chi connectivity index (χ0n) is 12.9. The highest BCUT2D eigenvalue weighted by atomic mass is 35.5. The van der Waals surface area contributed by atoms with Crippen molar-refractivity contribution in [1.29, 1.82) is 0 Å². The summed E-state index contributed by atoms with van der Waals surface area (Å²) in [5, 5.41) is 10.9. The van der Waals surface area contributed by atoms with Gasteiger partial charge in [-0.25, -0.2) is 13.1 Å². The number of sulfonamides is 1. The first-order chi connectivity index (χ1) is 11.4. The fourth-order valence-corrected chi connectivity index (χ4v) is 3.77. The van der Waals surface area contributed by atoms with Crippen molar-refractivity contribution in [2.45, 2.75) is 25.3 Å². The van der Waals surface area contributed by atoms with E-state index in [0.29, 0.717) is 27.8 Å². The Morgan fingerprint density at radius 2 is 2.12 bits per heavy atom. The van der Waals surface area contributed by atoms with Crippen LogP contribution in [0.1, 0.15) is 17.3 Å². The number of aryl methyl sites for hydroxylation is 2. The summed E-state index contributed by atoms with van der Waals surface area (Å²) in [5.74, 6) is 0.481. The van der Waals surface area contributed by atoms with Crippen molar-refractivity contribution in [3.63, 3.8) is 0 Å². The molecule has 0 aliphatic heterocycles. The van der Waals surface area contributed by atoms with E-state index in [1.165, 1.54) is 0 Å². The molecule has 0 amide bonds. The molecule has 1 aromatic carbocycles. The lowest BCUT2D eigenvalue weighted by Gasteiger charge is -2.04. The minimum atomic E-state index is -3.73. The first kappa shape index (κ1) is 16.6. The summed E-state index contributed by atoms with van der Waals surface area (Å²) >= 11 is 5.92. The number of aromatic amines is 1. The Balaban J connectivity index is 1.76. The third-order valence-electron chi connectivity index (χ3n) is 3.29. The molecule has 2 N–H and O–H groups in total. The molecule has 0 saturated carbocycles. The zero-order valence-corrected chi connectivity index (χ0v) is 14.4. The quantitative estimate of drug-likeness (QED) is 0.714. The average Bonchev–Trinajstić information content (AvgIpc) is 3.12. The van der Waals surface area contributed by atoms with Crippen LogP contribution in [0.5, 0.6) is 0 Å². The van der Waals surface area contributed by atoms with Gasteiger partial charge in [-0.1, -0.05) is 28.9 Å². The summed E-state index contributed by atoms with van der Waals surface area (Å²) in [7, 11) is -3.73. The molecule has 24 heavy (non-hydrogen) atoms. The van der Waals surface area contributed by atoms with Crippen LogP contribution in [0.4, 0.5) is 0 Å². The van der Waals surface area contributed by atoms with Crippen molar-refractivity contribution in [3.8, 4) is 11.4 Å². The predicted molar refractivity (Wildman–Crippen MR) is 86.8 cm³/mol. The van der Waals surface area contributed by atoms with Gasteiger partial charge in [0.25, 0.3) is 0 Å². The van der Waals surface area contributed by atoms with E-state index in [0.717, 1.165) is 0 Å². The van der Waals surface area contributed by atoms with E-state index >= 15 is 0 Å². The number of halogens is 1. The molecule has 0 aliphatic rings. The Labute approximate surface area is 143 Å². The van der Waals surface area contributed by atoms with Crippen molar-refractivity contribution in [2.24, 2.45) is 0 Å². The third kappa shape index (κ3) is 3.32. The van der Waals surface area contributed by atoms with Crippen LogP contribution in [0.15, 0.2) is 33.7 Å². The van der Waals surface area contributed by atoms with Gasteiger partial charge in [0.2, 0.25) is 21.7 Å². The molecule has 0 unspecified atom stereocenters. The number of aromatic nitrogens is 4. The van der Waals surface area contributed by atoms with Gasteiger partial charge in [-0.15, -0.1) is 0 Å². The van der Waals surface area contributed by atoms with Gasteiger partial charge in [-0.3, -0.25) is 5.10 Å². The minimum Gasteiger partial charge on any atom is -0.338 e. The smallest absolute Gasteiger partial charge is 0.244 e. The molecule has 126 valence electrons. The lowest BCUT2D eigenvalue weighted by Crippen LogP contribution is -2.24. The third-order valence-corrected chi connectivity index (χ3v) is 5.19. The Hall–Kier alpha value is -2.23. The molecule has 0 atom stereocenters. The van der Waals surface area contributed by atoms with Crippen molar-refractivity contribution in [3.05, 3.63) is 46.6 Å². The Morgan fingerprint density at radius 3 is 2.79 bits per heavy atom. The zero-order chi connectivity index (χ0) is 17.3. The summed E-state index contributed by atoms with van der Waals surface area (Å²) < 4.78 is 32.2. The lowest BCUT2D eigenvalue weighted by atomic mass is 10.2. The summed E-state index contributed by atoms with van der Waals surface area (Å²) in [6.07, 6.45) is 0. The molecular formula is C14H14ClN5O3S. The highest BCUT2D eigenvalue weighted by Crippen LogP contribution is 2.20. The van der Waals surface area contributed by atoms with Gasteiger partial charge >= 0.3 is 0 Å². The molecule has 0 bridgehead atoms. The fourth-order valence-electron chi connectivity index (χ4n) is 2.24. The summed E-state index contributed by atoms with van der Waals surface area (Å²) in [5.41, 5.74) is 1.54. The fraction of sp³-hybridized carbons (Fsp3) is 0.214. The number of nitrogens with zero attached hydrogens (tertiary/aromatic N) is 3. The van der Waals surface area contributed by atoms with Crippen LogP contribution in [-0.4, -0.2) is 28.8 Å². The van der Waals surface area contributed by atoms with Gasteiger partial charge < -0.3 is 4.52 Å².